The zero-order valence-corrected chi connectivity index (χ0v) is 14.0. The molecule has 3 heteroatoms. The molecule has 0 saturated heterocycles. The van der Waals surface area contributed by atoms with Crippen molar-refractivity contribution >= 4 is 18.0 Å². The number of rotatable bonds is 3. The Hall–Kier alpha value is -0.990. The summed E-state index contributed by atoms with van der Waals surface area (Å²) in [6.45, 7) is 3.26. The molecule has 0 amide bonds. The van der Waals surface area contributed by atoms with E-state index in [2.05, 4.69) is 32.0 Å². The van der Waals surface area contributed by atoms with Gasteiger partial charge in [-0.3, -0.25) is 0 Å². The van der Waals surface area contributed by atoms with Gasteiger partial charge in [0.15, 0.2) is 0 Å². The average molecular weight is 308 g/mol. The van der Waals surface area contributed by atoms with Gasteiger partial charge in [-0.05, 0) is 86.9 Å². The molecule has 1 aromatic carbocycles. The lowest BCUT2D eigenvalue weighted by Gasteiger charge is -2.33. The Morgan fingerprint density at radius 1 is 1.24 bits per heavy atom. The molecule has 21 heavy (non-hydrogen) atoms. The van der Waals surface area contributed by atoms with E-state index < -0.39 is 0 Å². The lowest BCUT2D eigenvalue weighted by atomic mass is 9.75. The fourth-order valence-electron chi connectivity index (χ4n) is 4.05. The van der Waals surface area contributed by atoms with Crippen LogP contribution in [0.25, 0.3) is 5.57 Å². The van der Waals surface area contributed by atoms with E-state index in [4.69, 9.17) is 0 Å². The molecule has 3 rings (SSSR count). The second kappa shape index (κ2) is 6.41. The molecule has 2 bridgehead atoms. The van der Waals surface area contributed by atoms with Crippen LogP contribution in [0, 0.1) is 24.7 Å². The first-order valence-electron chi connectivity index (χ1n) is 7.71. The van der Waals surface area contributed by atoms with E-state index in [-0.39, 0.29) is 12.4 Å². The molecule has 3 unspecified atom stereocenters. The van der Waals surface area contributed by atoms with E-state index in [0.717, 1.165) is 18.4 Å². The SMILES string of the molecule is Cc1ccc(O)cc1C1=CC2CCC(C2)C1CN(C)C.Cl. The van der Waals surface area contributed by atoms with Crippen LogP contribution in [0.5, 0.6) is 5.75 Å². The molecule has 116 valence electrons. The van der Waals surface area contributed by atoms with Crippen molar-refractivity contribution in [1.82, 2.24) is 4.90 Å². The van der Waals surface area contributed by atoms with Gasteiger partial charge in [-0.25, -0.2) is 0 Å². The quantitative estimate of drug-likeness (QED) is 0.908. The lowest BCUT2D eigenvalue weighted by molar-refractivity contribution is 0.289. The normalized spacial score (nSPS) is 27.4. The fraction of sp³-hybridized carbons (Fsp3) is 0.556. The number of nitrogens with zero attached hydrogens (tertiary/aromatic N) is 1. The maximum absolute atomic E-state index is 9.85. The van der Waals surface area contributed by atoms with Crippen LogP contribution in [-0.4, -0.2) is 30.6 Å². The molecular formula is C18H26ClNO. The number of phenols is 1. The summed E-state index contributed by atoms with van der Waals surface area (Å²) in [6.07, 6.45) is 6.57. The number of phenolic OH excluding ortho intramolecular Hbond substituents is 1. The zero-order chi connectivity index (χ0) is 14.3. The van der Waals surface area contributed by atoms with Crippen LogP contribution in [0.2, 0.25) is 0 Å². The van der Waals surface area contributed by atoms with Crippen molar-refractivity contribution < 1.29 is 5.11 Å². The van der Waals surface area contributed by atoms with E-state index >= 15 is 0 Å². The van der Waals surface area contributed by atoms with Gasteiger partial charge in [-0.1, -0.05) is 12.1 Å². The van der Waals surface area contributed by atoms with Crippen molar-refractivity contribution in [2.75, 3.05) is 20.6 Å². The number of fused-ring (bicyclic) bond motifs is 2. The molecule has 2 aliphatic rings. The molecule has 0 radical (unpaired) electrons. The van der Waals surface area contributed by atoms with Gasteiger partial charge in [0.25, 0.3) is 0 Å². The van der Waals surface area contributed by atoms with Crippen molar-refractivity contribution in [2.45, 2.75) is 26.2 Å². The van der Waals surface area contributed by atoms with Crippen LogP contribution in [0.3, 0.4) is 0 Å². The summed E-state index contributed by atoms with van der Waals surface area (Å²) in [5, 5.41) is 9.85. The van der Waals surface area contributed by atoms with Crippen LogP contribution in [0.1, 0.15) is 30.4 Å². The number of hydrogen-bond donors (Lipinski definition) is 1. The lowest BCUT2D eigenvalue weighted by Crippen LogP contribution is -2.29. The summed E-state index contributed by atoms with van der Waals surface area (Å²) in [6, 6.07) is 5.78. The number of allylic oxidation sites excluding steroid dienone is 1. The van der Waals surface area contributed by atoms with Gasteiger partial charge in [0.2, 0.25) is 0 Å². The van der Waals surface area contributed by atoms with Crippen LogP contribution < -0.4 is 0 Å². The van der Waals surface area contributed by atoms with Crippen molar-refractivity contribution in [1.29, 1.82) is 0 Å². The monoisotopic (exact) mass is 307 g/mol. The van der Waals surface area contributed by atoms with Crippen LogP contribution in [0.15, 0.2) is 24.3 Å². The number of aromatic hydroxyl groups is 1. The van der Waals surface area contributed by atoms with Crippen molar-refractivity contribution in [3.8, 4) is 5.75 Å². The Morgan fingerprint density at radius 3 is 2.71 bits per heavy atom. The number of benzene rings is 1. The molecule has 1 saturated carbocycles. The zero-order valence-electron chi connectivity index (χ0n) is 13.2. The third-order valence-corrected chi connectivity index (χ3v) is 4.99. The molecule has 2 aliphatic carbocycles. The standard InChI is InChI=1S/C18H25NO.ClH/c1-12-4-7-15(20)10-16(12)17-9-13-5-6-14(8-13)18(17)11-19(2)3;/h4,7,9-10,13-14,18,20H,5-6,8,11H2,1-3H3;1H. The maximum atomic E-state index is 9.85. The van der Waals surface area contributed by atoms with Crippen molar-refractivity contribution in [3.05, 3.63) is 35.4 Å². The molecule has 1 N–H and O–H groups in total. The van der Waals surface area contributed by atoms with Gasteiger partial charge in [0.05, 0.1) is 0 Å². The van der Waals surface area contributed by atoms with Gasteiger partial charge in [0.1, 0.15) is 5.75 Å². The van der Waals surface area contributed by atoms with Gasteiger partial charge in [-0.15, -0.1) is 12.4 Å². The van der Waals surface area contributed by atoms with Crippen LogP contribution in [-0.2, 0) is 0 Å². The van der Waals surface area contributed by atoms with Crippen LogP contribution >= 0.6 is 12.4 Å². The van der Waals surface area contributed by atoms with Gasteiger partial charge in [-0.2, -0.15) is 0 Å². The summed E-state index contributed by atoms with van der Waals surface area (Å²) in [5.74, 6) is 2.58. The van der Waals surface area contributed by atoms with E-state index in [1.165, 1.54) is 36.0 Å². The molecule has 0 spiro atoms. The molecular weight excluding hydrogens is 282 g/mol. The van der Waals surface area contributed by atoms with Gasteiger partial charge in [0, 0.05) is 6.54 Å². The highest BCUT2D eigenvalue weighted by Gasteiger charge is 2.37. The summed E-state index contributed by atoms with van der Waals surface area (Å²) in [4.78, 5) is 2.30. The Labute approximate surface area is 134 Å². The van der Waals surface area contributed by atoms with Gasteiger partial charge >= 0.3 is 0 Å². The second-order valence-corrected chi connectivity index (χ2v) is 6.82. The third-order valence-electron chi connectivity index (χ3n) is 4.99. The minimum atomic E-state index is 0. The smallest absolute Gasteiger partial charge is 0.116 e. The predicted molar refractivity (Wildman–Crippen MR) is 90.9 cm³/mol. The highest BCUT2D eigenvalue weighted by molar-refractivity contribution is 5.85. The average Bonchev–Trinajstić information content (AvgIpc) is 2.79. The minimum absolute atomic E-state index is 0. The Bertz CT molecular complexity index is 538. The molecule has 3 atom stereocenters. The first kappa shape index (κ1) is 16.4. The molecule has 0 aliphatic heterocycles. The summed E-state index contributed by atoms with van der Waals surface area (Å²) in [7, 11) is 4.32. The highest BCUT2D eigenvalue weighted by Crippen LogP contribution is 2.48. The summed E-state index contributed by atoms with van der Waals surface area (Å²) in [5.41, 5.74) is 4.01. The molecule has 1 aromatic rings. The number of hydrogen-bond acceptors (Lipinski definition) is 2. The maximum Gasteiger partial charge on any atom is 0.116 e. The Morgan fingerprint density at radius 2 is 2.00 bits per heavy atom. The van der Waals surface area contributed by atoms with Gasteiger partial charge < -0.3 is 10.0 Å². The summed E-state index contributed by atoms with van der Waals surface area (Å²) < 4.78 is 0. The largest absolute Gasteiger partial charge is 0.508 e. The molecule has 2 nitrogen and oxygen atoms in total. The van der Waals surface area contributed by atoms with E-state index in [1.807, 2.05) is 12.1 Å². The Balaban J connectivity index is 0.00000161. The Kier molecular flexibility index (Phi) is 5.00. The van der Waals surface area contributed by atoms with E-state index in [1.54, 1.807) is 6.07 Å². The van der Waals surface area contributed by atoms with Crippen molar-refractivity contribution in [2.24, 2.45) is 17.8 Å². The number of aryl methyl sites for hydroxylation is 1. The molecule has 0 aromatic heterocycles. The van der Waals surface area contributed by atoms with E-state index in [0.29, 0.717) is 11.7 Å². The van der Waals surface area contributed by atoms with Crippen molar-refractivity contribution in [3.63, 3.8) is 0 Å². The third kappa shape index (κ3) is 3.27. The van der Waals surface area contributed by atoms with Crippen LogP contribution in [0.4, 0.5) is 0 Å². The van der Waals surface area contributed by atoms with E-state index in [9.17, 15) is 5.11 Å². The second-order valence-electron chi connectivity index (χ2n) is 6.82. The number of halogens is 1. The minimum Gasteiger partial charge on any atom is -0.508 e. The summed E-state index contributed by atoms with van der Waals surface area (Å²) >= 11 is 0. The fourth-order valence-corrected chi connectivity index (χ4v) is 4.05. The first-order valence-corrected chi connectivity index (χ1v) is 7.71. The predicted octanol–water partition coefficient (Wildman–Crippen LogP) is 4.11. The first-order chi connectivity index (χ1) is 9.54. The molecule has 0 heterocycles. The topological polar surface area (TPSA) is 23.5 Å². The highest BCUT2D eigenvalue weighted by atomic mass is 35.5. The molecule has 1 fully saturated rings.